The number of ether oxygens (including phenoxy) is 1. The average molecular weight is 340 g/mol. The molecule has 0 saturated carbocycles. The second kappa shape index (κ2) is 9.97. The molecule has 0 aliphatic heterocycles. The Hall–Kier alpha value is -3.02. The molecule has 0 saturated heterocycles. The summed E-state index contributed by atoms with van der Waals surface area (Å²) in [4.78, 5) is 15.9. The van der Waals surface area contributed by atoms with Crippen LogP contribution in [0.1, 0.15) is 15.9 Å². The van der Waals surface area contributed by atoms with Crippen LogP contribution in [0.4, 0.5) is 0 Å². The van der Waals surface area contributed by atoms with Crippen LogP contribution in [0.3, 0.4) is 0 Å². The fraction of sp³-hybridized carbons (Fsp3) is 0.263. The highest BCUT2D eigenvalue weighted by Gasteiger charge is 2.04. The van der Waals surface area contributed by atoms with E-state index in [0.717, 1.165) is 11.3 Å². The van der Waals surface area contributed by atoms with Crippen molar-refractivity contribution in [2.45, 2.75) is 6.54 Å². The lowest BCUT2D eigenvalue weighted by Crippen LogP contribution is -2.38. The summed E-state index contributed by atoms with van der Waals surface area (Å²) >= 11 is 0. The third kappa shape index (κ3) is 6.18. The Morgan fingerprint density at radius 1 is 1.08 bits per heavy atom. The first-order valence-corrected chi connectivity index (χ1v) is 8.16. The minimum atomic E-state index is -0.0950. The van der Waals surface area contributed by atoms with Gasteiger partial charge in [-0.15, -0.1) is 0 Å². The molecule has 2 aromatic rings. The van der Waals surface area contributed by atoms with Crippen molar-refractivity contribution in [2.24, 2.45) is 4.99 Å². The maximum atomic E-state index is 11.7. The predicted molar refractivity (Wildman–Crippen MR) is 100.0 cm³/mol. The number of nitrogens with zero attached hydrogens (tertiary/aromatic N) is 1. The van der Waals surface area contributed by atoms with Crippen molar-refractivity contribution in [1.82, 2.24) is 16.0 Å². The molecular weight excluding hydrogens is 316 g/mol. The first-order valence-electron chi connectivity index (χ1n) is 8.16. The summed E-state index contributed by atoms with van der Waals surface area (Å²) in [6.45, 7) is 1.74. The molecule has 1 amide bonds. The standard InChI is InChI=1S/C19H24N4O2/c1-20-18(24)16-8-6-7-15(13-16)14-23-19(21-2)22-11-12-25-17-9-4-3-5-10-17/h3-10,13H,11-12,14H2,1-2H3,(H,20,24)(H2,21,22,23). The van der Waals surface area contributed by atoms with Gasteiger partial charge in [0.15, 0.2) is 5.96 Å². The van der Waals surface area contributed by atoms with E-state index in [0.29, 0.717) is 31.2 Å². The van der Waals surface area contributed by atoms with Gasteiger partial charge < -0.3 is 20.7 Å². The molecule has 0 unspecified atom stereocenters. The van der Waals surface area contributed by atoms with Gasteiger partial charge in [0, 0.05) is 26.2 Å². The maximum Gasteiger partial charge on any atom is 0.251 e. The number of carbonyl (C=O) groups excluding carboxylic acids is 1. The third-order valence-corrected chi connectivity index (χ3v) is 3.51. The van der Waals surface area contributed by atoms with E-state index < -0.39 is 0 Å². The smallest absolute Gasteiger partial charge is 0.251 e. The number of para-hydroxylation sites is 1. The molecule has 0 aliphatic carbocycles. The molecule has 2 rings (SSSR count). The fourth-order valence-electron chi connectivity index (χ4n) is 2.23. The number of nitrogens with one attached hydrogen (secondary N) is 3. The normalized spacial score (nSPS) is 10.9. The van der Waals surface area contributed by atoms with E-state index in [1.54, 1.807) is 20.2 Å². The minimum absolute atomic E-state index is 0.0950. The molecule has 0 fully saturated rings. The topological polar surface area (TPSA) is 74.8 Å². The quantitative estimate of drug-likeness (QED) is 0.408. The van der Waals surface area contributed by atoms with Gasteiger partial charge in [-0.3, -0.25) is 9.79 Å². The SMILES string of the molecule is CN=C(NCCOc1ccccc1)NCc1cccc(C(=O)NC)c1. The molecule has 132 valence electrons. The Kier molecular flexibility index (Phi) is 7.31. The summed E-state index contributed by atoms with van der Waals surface area (Å²) in [5.74, 6) is 1.43. The Morgan fingerprint density at radius 2 is 1.88 bits per heavy atom. The van der Waals surface area contributed by atoms with Gasteiger partial charge in [-0.25, -0.2) is 0 Å². The zero-order valence-electron chi connectivity index (χ0n) is 14.6. The fourth-order valence-corrected chi connectivity index (χ4v) is 2.23. The lowest BCUT2D eigenvalue weighted by atomic mass is 10.1. The van der Waals surface area contributed by atoms with E-state index in [1.165, 1.54) is 0 Å². The largest absolute Gasteiger partial charge is 0.492 e. The average Bonchev–Trinajstić information content (AvgIpc) is 2.67. The van der Waals surface area contributed by atoms with E-state index in [2.05, 4.69) is 20.9 Å². The van der Waals surface area contributed by atoms with E-state index in [1.807, 2.05) is 48.5 Å². The van der Waals surface area contributed by atoms with Crippen molar-refractivity contribution in [2.75, 3.05) is 27.2 Å². The van der Waals surface area contributed by atoms with Crippen molar-refractivity contribution >= 4 is 11.9 Å². The molecular formula is C19H24N4O2. The van der Waals surface area contributed by atoms with Crippen molar-refractivity contribution in [3.63, 3.8) is 0 Å². The van der Waals surface area contributed by atoms with Crippen molar-refractivity contribution < 1.29 is 9.53 Å². The summed E-state index contributed by atoms with van der Waals surface area (Å²) in [5.41, 5.74) is 1.64. The third-order valence-electron chi connectivity index (χ3n) is 3.51. The first-order chi connectivity index (χ1) is 12.2. The summed E-state index contributed by atoms with van der Waals surface area (Å²) in [5, 5.41) is 9.04. The van der Waals surface area contributed by atoms with Gasteiger partial charge in [-0.05, 0) is 29.8 Å². The molecule has 0 radical (unpaired) electrons. The number of amides is 1. The number of guanidine groups is 1. The number of hydrogen-bond acceptors (Lipinski definition) is 3. The van der Waals surface area contributed by atoms with Crippen molar-refractivity contribution in [1.29, 1.82) is 0 Å². The summed E-state index contributed by atoms with van der Waals surface area (Å²) < 4.78 is 5.63. The number of aliphatic imine (C=N–C) groups is 1. The second-order valence-electron chi connectivity index (χ2n) is 5.29. The molecule has 0 heterocycles. The van der Waals surface area contributed by atoms with Crippen LogP contribution in [0.15, 0.2) is 59.6 Å². The molecule has 0 aromatic heterocycles. The first kappa shape index (κ1) is 18.3. The highest BCUT2D eigenvalue weighted by Crippen LogP contribution is 2.07. The molecule has 6 heteroatoms. The number of rotatable bonds is 7. The summed E-state index contributed by atoms with van der Waals surface area (Å²) in [7, 11) is 3.34. The van der Waals surface area contributed by atoms with Gasteiger partial charge in [0.2, 0.25) is 0 Å². The second-order valence-corrected chi connectivity index (χ2v) is 5.29. The van der Waals surface area contributed by atoms with Crippen LogP contribution in [0.2, 0.25) is 0 Å². The van der Waals surface area contributed by atoms with Gasteiger partial charge in [0.25, 0.3) is 5.91 Å². The summed E-state index contributed by atoms with van der Waals surface area (Å²) in [6.07, 6.45) is 0. The Balaban J connectivity index is 1.76. The van der Waals surface area contributed by atoms with Crippen LogP contribution >= 0.6 is 0 Å². The molecule has 2 aromatic carbocycles. The highest BCUT2D eigenvalue weighted by atomic mass is 16.5. The highest BCUT2D eigenvalue weighted by molar-refractivity contribution is 5.94. The number of hydrogen-bond donors (Lipinski definition) is 3. The monoisotopic (exact) mass is 340 g/mol. The van der Waals surface area contributed by atoms with Crippen LogP contribution in [0, 0.1) is 0 Å². The molecule has 25 heavy (non-hydrogen) atoms. The Morgan fingerprint density at radius 3 is 2.60 bits per heavy atom. The molecule has 0 bridgehead atoms. The lowest BCUT2D eigenvalue weighted by Gasteiger charge is -2.13. The van der Waals surface area contributed by atoms with E-state index >= 15 is 0 Å². The lowest BCUT2D eigenvalue weighted by molar-refractivity contribution is 0.0963. The van der Waals surface area contributed by atoms with Crippen LogP contribution in [-0.2, 0) is 6.54 Å². The zero-order chi connectivity index (χ0) is 17.9. The number of benzene rings is 2. The van der Waals surface area contributed by atoms with Gasteiger partial charge in [-0.2, -0.15) is 0 Å². The van der Waals surface area contributed by atoms with Crippen molar-refractivity contribution in [3.05, 3.63) is 65.7 Å². The van der Waals surface area contributed by atoms with Crippen LogP contribution in [0.5, 0.6) is 5.75 Å². The van der Waals surface area contributed by atoms with E-state index in [-0.39, 0.29) is 5.91 Å². The minimum Gasteiger partial charge on any atom is -0.492 e. The van der Waals surface area contributed by atoms with Crippen molar-refractivity contribution in [3.8, 4) is 5.75 Å². The van der Waals surface area contributed by atoms with Crippen LogP contribution in [0.25, 0.3) is 0 Å². The Labute approximate surface area is 148 Å². The molecule has 6 nitrogen and oxygen atoms in total. The zero-order valence-corrected chi connectivity index (χ0v) is 14.6. The molecule has 0 spiro atoms. The van der Waals surface area contributed by atoms with Gasteiger partial charge in [-0.1, -0.05) is 30.3 Å². The van der Waals surface area contributed by atoms with Gasteiger partial charge in [0.1, 0.15) is 12.4 Å². The molecule has 0 aliphatic rings. The van der Waals surface area contributed by atoms with Crippen LogP contribution in [-0.4, -0.2) is 39.1 Å². The predicted octanol–water partition coefficient (Wildman–Crippen LogP) is 1.79. The molecule has 0 atom stereocenters. The van der Waals surface area contributed by atoms with Gasteiger partial charge >= 0.3 is 0 Å². The van der Waals surface area contributed by atoms with Gasteiger partial charge in [0.05, 0.1) is 6.54 Å². The molecule has 3 N–H and O–H groups in total. The Bertz CT molecular complexity index is 702. The maximum absolute atomic E-state index is 11.7. The van der Waals surface area contributed by atoms with E-state index in [9.17, 15) is 4.79 Å². The number of carbonyl (C=O) groups is 1. The van der Waals surface area contributed by atoms with E-state index in [4.69, 9.17) is 4.74 Å². The van der Waals surface area contributed by atoms with Crippen LogP contribution < -0.4 is 20.7 Å². The summed E-state index contributed by atoms with van der Waals surface area (Å²) in [6, 6.07) is 17.2.